The minimum atomic E-state index is -1.95. The molecule has 0 aliphatic carbocycles. The number of hydrogen-bond donors (Lipinski definition) is 3. The van der Waals surface area contributed by atoms with Crippen molar-refractivity contribution in [2.24, 2.45) is 0 Å². The Morgan fingerprint density at radius 2 is 2.32 bits per heavy atom. The van der Waals surface area contributed by atoms with E-state index >= 15 is 0 Å². The minimum absolute atomic E-state index is 0.632. The third-order valence-corrected chi connectivity index (χ3v) is 3.13. The topological polar surface area (TPSA) is 105 Å². The molecule has 1 saturated heterocycles. The van der Waals surface area contributed by atoms with Crippen molar-refractivity contribution in [1.29, 1.82) is 0 Å². The summed E-state index contributed by atoms with van der Waals surface area (Å²) >= 11 is 0. The summed E-state index contributed by atoms with van der Waals surface area (Å²) in [6, 6.07) is 1.02. The minimum Gasteiger partial charge on any atom is -0.393 e. The second kappa shape index (κ2) is 4.72. The number of ether oxygens (including phenoxy) is 1. The smallest absolute Gasteiger partial charge is 0.330 e. The maximum absolute atomic E-state index is 14.0. The van der Waals surface area contributed by atoms with Crippen LogP contribution in [0.25, 0.3) is 0 Å². The number of aromatic nitrogens is 2. The molecule has 1 fully saturated rings. The van der Waals surface area contributed by atoms with Crippen LogP contribution in [0.3, 0.4) is 0 Å². The highest BCUT2D eigenvalue weighted by molar-refractivity contribution is 5.11. The standard InChI is InChI=1S/C11H13FN2O5/c1-2-11(5-15)8(17)7(12)9(19-11)14-4-3-6(16)13-10(14)18/h2-4,7-9,15,17H,1,5H2,(H,13,16,18)/t7-,8-,9?,11+/m0/s1. The number of nitrogens with zero attached hydrogens (tertiary/aromatic N) is 1. The number of H-pyrrole nitrogens is 1. The monoisotopic (exact) mass is 272 g/mol. The first-order valence-electron chi connectivity index (χ1n) is 5.51. The van der Waals surface area contributed by atoms with Crippen LogP contribution in [0.2, 0.25) is 0 Å². The van der Waals surface area contributed by atoms with Gasteiger partial charge in [-0.15, -0.1) is 6.58 Å². The van der Waals surface area contributed by atoms with Gasteiger partial charge in [0.05, 0.1) is 6.61 Å². The van der Waals surface area contributed by atoms with Gasteiger partial charge in [0.1, 0.15) is 11.7 Å². The fraction of sp³-hybridized carbons (Fsp3) is 0.455. The van der Waals surface area contributed by atoms with Gasteiger partial charge < -0.3 is 14.9 Å². The summed E-state index contributed by atoms with van der Waals surface area (Å²) in [6.07, 6.45) is -2.93. The lowest BCUT2D eigenvalue weighted by molar-refractivity contribution is -0.0982. The summed E-state index contributed by atoms with van der Waals surface area (Å²) in [7, 11) is 0. The summed E-state index contributed by atoms with van der Waals surface area (Å²) in [6.45, 7) is 2.69. The summed E-state index contributed by atoms with van der Waals surface area (Å²) in [5.41, 5.74) is -3.18. The molecule has 0 spiro atoms. The van der Waals surface area contributed by atoms with E-state index in [1.807, 2.05) is 4.98 Å². The van der Waals surface area contributed by atoms with Crippen molar-refractivity contribution in [1.82, 2.24) is 9.55 Å². The van der Waals surface area contributed by atoms with E-state index < -0.39 is 42.0 Å². The molecule has 1 aliphatic rings. The van der Waals surface area contributed by atoms with Gasteiger partial charge >= 0.3 is 5.69 Å². The van der Waals surface area contributed by atoms with Crippen molar-refractivity contribution in [3.8, 4) is 0 Å². The number of halogens is 1. The molecule has 8 heteroatoms. The zero-order valence-electron chi connectivity index (χ0n) is 9.82. The lowest BCUT2D eigenvalue weighted by Crippen LogP contribution is -2.43. The first kappa shape index (κ1) is 13.7. The van der Waals surface area contributed by atoms with E-state index in [1.165, 1.54) is 0 Å². The SMILES string of the molecule is C=C[C@]1(CO)OC(n2ccc(=O)[nH]c2=O)[C@@H](F)[C@@H]1O. The van der Waals surface area contributed by atoms with Gasteiger partial charge in [-0.1, -0.05) is 6.08 Å². The largest absolute Gasteiger partial charge is 0.393 e. The molecular formula is C11H13FN2O5. The fourth-order valence-corrected chi connectivity index (χ4v) is 1.99. The molecule has 4 atom stereocenters. The first-order valence-corrected chi connectivity index (χ1v) is 5.51. The van der Waals surface area contributed by atoms with Gasteiger partial charge in [0.2, 0.25) is 0 Å². The Bertz CT molecular complexity index is 597. The number of aliphatic hydroxyl groups excluding tert-OH is 2. The van der Waals surface area contributed by atoms with Crippen LogP contribution in [-0.4, -0.2) is 44.2 Å². The Morgan fingerprint density at radius 1 is 1.63 bits per heavy atom. The molecule has 7 nitrogen and oxygen atoms in total. The van der Waals surface area contributed by atoms with E-state index in [-0.39, 0.29) is 0 Å². The molecule has 0 amide bonds. The molecule has 3 N–H and O–H groups in total. The van der Waals surface area contributed by atoms with Crippen LogP contribution in [0.15, 0.2) is 34.5 Å². The van der Waals surface area contributed by atoms with E-state index in [1.54, 1.807) is 0 Å². The zero-order chi connectivity index (χ0) is 14.2. The fourth-order valence-electron chi connectivity index (χ4n) is 1.99. The highest BCUT2D eigenvalue weighted by Gasteiger charge is 2.54. The van der Waals surface area contributed by atoms with Crippen LogP contribution >= 0.6 is 0 Å². The average Bonchev–Trinajstić information content (AvgIpc) is 2.64. The molecule has 0 aromatic carbocycles. The van der Waals surface area contributed by atoms with Gasteiger partial charge in [-0.05, 0) is 0 Å². The van der Waals surface area contributed by atoms with E-state index in [4.69, 9.17) is 4.74 Å². The second-order valence-electron chi connectivity index (χ2n) is 4.23. The van der Waals surface area contributed by atoms with Gasteiger partial charge in [-0.2, -0.15) is 0 Å². The quantitative estimate of drug-likeness (QED) is 0.592. The number of nitrogens with one attached hydrogen (secondary N) is 1. The van der Waals surface area contributed by atoms with Crippen molar-refractivity contribution in [3.05, 3.63) is 45.8 Å². The Kier molecular flexibility index (Phi) is 3.40. The maximum atomic E-state index is 14.0. The van der Waals surface area contributed by atoms with Gasteiger partial charge in [0, 0.05) is 12.3 Å². The van der Waals surface area contributed by atoms with Crippen LogP contribution in [-0.2, 0) is 4.74 Å². The van der Waals surface area contributed by atoms with E-state index in [2.05, 4.69) is 6.58 Å². The third kappa shape index (κ3) is 2.03. The highest BCUT2D eigenvalue weighted by Crippen LogP contribution is 2.38. The molecule has 1 aromatic heterocycles. The molecule has 0 saturated carbocycles. The van der Waals surface area contributed by atoms with Crippen molar-refractivity contribution < 1.29 is 19.3 Å². The van der Waals surface area contributed by atoms with Crippen LogP contribution in [0.1, 0.15) is 6.23 Å². The molecule has 19 heavy (non-hydrogen) atoms. The van der Waals surface area contributed by atoms with Gasteiger partial charge in [0.25, 0.3) is 5.56 Å². The number of hydrogen-bond acceptors (Lipinski definition) is 5. The molecule has 104 valence electrons. The van der Waals surface area contributed by atoms with E-state index in [0.717, 1.165) is 22.9 Å². The third-order valence-electron chi connectivity index (χ3n) is 3.13. The molecule has 0 bridgehead atoms. The first-order chi connectivity index (χ1) is 8.95. The predicted octanol–water partition coefficient (Wildman–Crippen LogP) is -1.32. The van der Waals surface area contributed by atoms with Gasteiger partial charge in [-0.3, -0.25) is 14.3 Å². The number of rotatable bonds is 3. The second-order valence-corrected chi connectivity index (χ2v) is 4.23. The Hall–Kier alpha value is -1.77. The summed E-state index contributed by atoms with van der Waals surface area (Å²) < 4.78 is 20.1. The lowest BCUT2D eigenvalue weighted by atomic mass is 9.97. The summed E-state index contributed by atoms with van der Waals surface area (Å²) in [4.78, 5) is 24.4. The van der Waals surface area contributed by atoms with Gasteiger partial charge in [0.15, 0.2) is 12.4 Å². The number of aromatic amines is 1. The zero-order valence-corrected chi connectivity index (χ0v) is 9.82. The summed E-state index contributed by atoms with van der Waals surface area (Å²) in [5, 5.41) is 19.0. The van der Waals surface area contributed by atoms with Crippen LogP contribution in [0.4, 0.5) is 4.39 Å². The molecule has 0 radical (unpaired) electrons. The molecule has 1 aliphatic heterocycles. The molecule has 2 heterocycles. The highest BCUT2D eigenvalue weighted by atomic mass is 19.1. The van der Waals surface area contributed by atoms with Crippen molar-refractivity contribution >= 4 is 0 Å². The predicted molar refractivity (Wildman–Crippen MR) is 62.4 cm³/mol. The van der Waals surface area contributed by atoms with Crippen molar-refractivity contribution in [2.75, 3.05) is 6.61 Å². The number of aliphatic hydroxyl groups is 2. The molecule has 2 rings (SSSR count). The summed E-state index contributed by atoms with van der Waals surface area (Å²) in [5.74, 6) is 0. The van der Waals surface area contributed by atoms with Crippen LogP contribution in [0, 0.1) is 0 Å². The van der Waals surface area contributed by atoms with Crippen molar-refractivity contribution in [3.63, 3.8) is 0 Å². The van der Waals surface area contributed by atoms with E-state index in [9.17, 15) is 24.2 Å². The van der Waals surface area contributed by atoms with E-state index in [0.29, 0.717) is 0 Å². The normalized spacial score (nSPS) is 34.4. The Labute approximate surface area is 106 Å². The molecule has 1 unspecified atom stereocenters. The van der Waals surface area contributed by atoms with Gasteiger partial charge in [-0.25, -0.2) is 9.18 Å². The van der Waals surface area contributed by atoms with Crippen molar-refractivity contribution in [2.45, 2.75) is 24.1 Å². The maximum Gasteiger partial charge on any atom is 0.330 e. The lowest BCUT2D eigenvalue weighted by Gasteiger charge is -2.25. The van der Waals surface area contributed by atoms with Crippen LogP contribution in [0.5, 0.6) is 0 Å². The molecular weight excluding hydrogens is 259 g/mol. The number of alkyl halides is 1. The Morgan fingerprint density at radius 3 is 2.79 bits per heavy atom. The average molecular weight is 272 g/mol. The van der Waals surface area contributed by atoms with Crippen LogP contribution < -0.4 is 11.2 Å². The Balaban J connectivity index is 2.45. The molecule has 1 aromatic rings.